The van der Waals surface area contributed by atoms with Gasteiger partial charge in [0.1, 0.15) is 0 Å². The molecule has 0 amide bonds. The van der Waals surface area contributed by atoms with Gasteiger partial charge in [0.25, 0.3) is 0 Å². The maximum Gasteiger partial charge on any atom is 0.152 e. The summed E-state index contributed by atoms with van der Waals surface area (Å²) in [5.41, 5.74) is 17.4. The zero-order valence-corrected chi connectivity index (χ0v) is 28.0. The van der Waals surface area contributed by atoms with Gasteiger partial charge >= 0.3 is 0 Å². The molecule has 0 aromatic heterocycles. The van der Waals surface area contributed by atoms with Crippen LogP contribution in [0.15, 0.2) is 189 Å². The number of hydrogen-bond donors (Lipinski definition) is 0. The number of hydrogen-bond acceptors (Lipinski definition) is 2. The van der Waals surface area contributed by atoms with Gasteiger partial charge in [-0.15, -0.1) is 0 Å². The van der Waals surface area contributed by atoms with Crippen molar-refractivity contribution in [3.8, 4) is 44.9 Å². The summed E-state index contributed by atoms with van der Waals surface area (Å²) >= 11 is 0. The third-order valence-electron chi connectivity index (χ3n) is 10.8. The molecule has 7 aromatic rings. The lowest BCUT2D eigenvalue weighted by Crippen LogP contribution is -2.26. The molecule has 0 atom stereocenters. The van der Waals surface area contributed by atoms with Crippen LogP contribution in [0.5, 0.6) is 11.5 Å². The van der Waals surface area contributed by atoms with Crippen molar-refractivity contribution in [3.63, 3.8) is 0 Å². The molecule has 0 fully saturated rings. The topological polar surface area (TPSA) is 12.5 Å². The molecule has 3 aliphatic rings. The van der Waals surface area contributed by atoms with Gasteiger partial charge in [-0.1, -0.05) is 153 Å². The van der Waals surface area contributed by atoms with Crippen molar-refractivity contribution in [2.45, 2.75) is 5.41 Å². The van der Waals surface area contributed by atoms with Crippen LogP contribution in [0.2, 0.25) is 0 Å². The Labute approximate surface area is 298 Å². The molecule has 1 aliphatic heterocycles. The molecule has 10 rings (SSSR count). The molecule has 0 N–H and O–H groups in total. The molecule has 0 radical (unpaired) electrons. The Morgan fingerprint density at radius 2 is 1.08 bits per heavy atom. The Morgan fingerprint density at radius 1 is 0.510 bits per heavy atom. The van der Waals surface area contributed by atoms with Crippen molar-refractivity contribution in [1.29, 1.82) is 0 Å². The van der Waals surface area contributed by atoms with E-state index in [-0.39, 0.29) is 0 Å². The molecule has 2 aliphatic carbocycles. The molecule has 0 saturated carbocycles. The molecular weight excluding hydrogens is 619 g/mol. The van der Waals surface area contributed by atoms with E-state index in [1.54, 1.807) is 6.08 Å². The minimum Gasteiger partial charge on any atom is -0.453 e. The van der Waals surface area contributed by atoms with Crippen molar-refractivity contribution in [2.75, 3.05) is 4.90 Å². The second kappa shape index (κ2) is 11.2. The Kier molecular flexibility index (Phi) is 6.43. The van der Waals surface area contributed by atoms with Gasteiger partial charge in [0.05, 0.1) is 16.8 Å². The van der Waals surface area contributed by atoms with Crippen LogP contribution in [0, 0.1) is 0 Å². The lowest BCUT2D eigenvalue weighted by molar-refractivity contribution is 0.477. The molecule has 1 heterocycles. The number of fused-ring (bicyclic) bond motifs is 12. The minimum atomic E-state index is -0.428. The molecular formula is C49H33NO. The van der Waals surface area contributed by atoms with Gasteiger partial charge in [0.15, 0.2) is 11.5 Å². The van der Waals surface area contributed by atoms with Crippen LogP contribution in [0.1, 0.15) is 27.8 Å². The van der Waals surface area contributed by atoms with E-state index in [9.17, 15) is 0 Å². The zero-order valence-electron chi connectivity index (χ0n) is 28.0. The molecule has 51 heavy (non-hydrogen) atoms. The van der Waals surface area contributed by atoms with Crippen LogP contribution in [0.4, 0.5) is 17.1 Å². The van der Waals surface area contributed by atoms with Crippen LogP contribution in [0.25, 0.3) is 39.0 Å². The highest BCUT2D eigenvalue weighted by Gasteiger charge is 2.51. The quantitative estimate of drug-likeness (QED) is 0.172. The number of ether oxygens (including phenoxy) is 1. The number of benzene rings is 7. The first-order valence-corrected chi connectivity index (χ1v) is 17.4. The van der Waals surface area contributed by atoms with Crippen LogP contribution >= 0.6 is 0 Å². The average Bonchev–Trinajstić information content (AvgIpc) is 3.66. The van der Waals surface area contributed by atoms with E-state index in [0.717, 1.165) is 50.8 Å². The summed E-state index contributed by atoms with van der Waals surface area (Å²) in [5.74, 6) is 1.60. The fourth-order valence-corrected chi connectivity index (χ4v) is 8.71. The Bertz CT molecular complexity index is 2550. The first kappa shape index (κ1) is 29.3. The maximum absolute atomic E-state index is 6.81. The van der Waals surface area contributed by atoms with Crippen molar-refractivity contribution >= 4 is 22.6 Å². The third kappa shape index (κ3) is 4.11. The summed E-state index contributed by atoms with van der Waals surface area (Å²) in [5, 5.41) is 0. The van der Waals surface area contributed by atoms with Crippen LogP contribution < -0.4 is 9.64 Å². The molecule has 0 bridgehead atoms. The van der Waals surface area contributed by atoms with E-state index in [4.69, 9.17) is 4.74 Å². The van der Waals surface area contributed by atoms with Gasteiger partial charge in [-0.2, -0.15) is 0 Å². The smallest absolute Gasteiger partial charge is 0.152 e. The summed E-state index contributed by atoms with van der Waals surface area (Å²) in [7, 11) is 0. The van der Waals surface area contributed by atoms with E-state index in [0.29, 0.717) is 0 Å². The summed E-state index contributed by atoms with van der Waals surface area (Å²) < 4.78 is 6.81. The normalized spacial score (nSPS) is 14.0. The third-order valence-corrected chi connectivity index (χ3v) is 10.8. The van der Waals surface area contributed by atoms with E-state index in [2.05, 4.69) is 170 Å². The predicted octanol–water partition coefficient (Wildman–Crippen LogP) is 13.0. The second-order valence-electron chi connectivity index (χ2n) is 13.3. The SMILES string of the molecule is C=C/C=C(\C=C)c1ccc2c(c1)Oc1cc(-c3ccccc3)ccc1N2c1ccc2c(c1)C1(c3ccccc3-c3ccccc31)c1ccccc1-2. The highest BCUT2D eigenvalue weighted by molar-refractivity contribution is 5.97. The summed E-state index contributed by atoms with van der Waals surface area (Å²) in [6.07, 6.45) is 5.63. The van der Waals surface area contributed by atoms with Gasteiger partial charge < -0.3 is 9.64 Å². The second-order valence-corrected chi connectivity index (χ2v) is 13.3. The molecule has 240 valence electrons. The average molecular weight is 652 g/mol. The highest BCUT2D eigenvalue weighted by atomic mass is 16.5. The van der Waals surface area contributed by atoms with Gasteiger partial charge in [-0.3, -0.25) is 0 Å². The molecule has 0 saturated heterocycles. The number of rotatable bonds is 5. The molecule has 7 aromatic carbocycles. The molecule has 1 spiro atoms. The monoisotopic (exact) mass is 651 g/mol. The highest BCUT2D eigenvalue weighted by Crippen LogP contribution is 2.63. The van der Waals surface area contributed by atoms with Crippen LogP contribution in [-0.2, 0) is 5.41 Å². The summed E-state index contributed by atoms with van der Waals surface area (Å²) in [6, 6.07) is 57.3. The van der Waals surface area contributed by atoms with Crippen LogP contribution in [0.3, 0.4) is 0 Å². The fourth-order valence-electron chi connectivity index (χ4n) is 8.71. The largest absolute Gasteiger partial charge is 0.453 e. The van der Waals surface area contributed by atoms with Crippen molar-refractivity contribution < 1.29 is 4.74 Å². The standard InChI is InChI=1S/C49H33NO/c1-3-14-32(4-2)34-23-27-45-47(29-34)51-48-30-35(33-15-6-5-7-16-33)24-28-46(48)50(45)36-25-26-40-39-19-10-13-22-43(39)49(44(40)31-36)41-20-11-8-17-37(41)38-18-9-12-21-42(38)49/h3-31H,1-2H2/b32-14+. The van der Waals surface area contributed by atoms with Gasteiger partial charge in [-0.25, -0.2) is 0 Å². The number of anilines is 3. The summed E-state index contributed by atoms with van der Waals surface area (Å²) in [6.45, 7) is 7.98. The number of nitrogens with zero attached hydrogens (tertiary/aromatic N) is 1. The maximum atomic E-state index is 6.81. The summed E-state index contributed by atoms with van der Waals surface area (Å²) in [4.78, 5) is 2.36. The molecule has 0 unspecified atom stereocenters. The molecule has 2 nitrogen and oxygen atoms in total. The van der Waals surface area contributed by atoms with E-state index >= 15 is 0 Å². The Hall–Kier alpha value is -6.64. The predicted molar refractivity (Wildman–Crippen MR) is 211 cm³/mol. The van der Waals surface area contributed by atoms with Gasteiger partial charge in [0.2, 0.25) is 0 Å². The van der Waals surface area contributed by atoms with Crippen molar-refractivity contribution in [1.82, 2.24) is 0 Å². The Balaban J connectivity index is 1.22. The fraction of sp³-hybridized carbons (Fsp3) is 0.0204. The minimum absolute atomic E-state index is 0.428. The first-order valence-electron chi connectivity index (χ1n) is 17.4. The number of allylic oxidation sites excluding steroid dienone is 4. The molecule has 2 heteroatoms. The lowest BCUT2D eigenvalue weighted by atomic mass is 9.70. The van der Waals surface area contributed by atoms with Crippen molar-refractivity contribution in [3.05, 3.63) is 217 Å². The van der Waals surface area contributed by atoms with E-state index in [1.165, 1.54) is 44.5 Å². The Morgan fingerprint density at radius 3 is 1.71 bits per heavy atom. The van der Waals surface area contributed by atoms with Gasteiger partial charge in [0, 0.05) is 5.69 Å². The van der Waals surface area contributed by atoms with Crippen LogP contribution in [-0.4, -0.2) is 0 Å². The van der Waals surface area contributed by atoms with E-state index in [1.807, 2.05) is 18.2 Å². The van der Waals surface area contributed by atoms with E-state index < -0.39 is 5.41 Å². The van der Waals surface area contributed by atoms with Gasteiger partial charge in [-0.05, 0) is 103 Å². The zero-order chi connectivity index (χ0) is 34.1. The lowest BCUT2D eigenvalue weighted by Gasteiger charge is -2.35. The van der Waals surface area contributed by atoms with Crippen molar-refractivity contribution in [2.24, 2.45) is 0 Å². The first-order chi connectivity index (χ1) is 25.2.